The van der Waals surface area contributed by atoms with Crippen LogP contribution in [0.5, 0.6) is 5.75 Å². The maximum Gasteiger partial charge on any atom is 0.349 e. The van der Waals surface area contributed by atoms with E-state index in [2.05, 4.69) is 44.5 Å². The van der Waals surface area contributed by atoms with Gasteiger partial charge in [0, 0.05) is 30.4 Å². The molecule has 0 aliphatic carbocycles. The molecule has 0 bridgehead atoms. The Morgan fingerprint density at radius 3 is 3.00 bits per heavy atom. The third-order valence-corrected chi connectivity index (χ3v) is 5.61. The second-order valence-electron chi connectivity index (χ2n) is 6.37. The summed E-state index contributed by atoms with van der Waals surface area (Å²) < 4.78 is 5.44. The van der Waals surface area contributed by atoms with Crippen LogP contribution in [0.3, 0.4) is 0 Å². The quantitative estimate of drug-likeness (QED) is 0.399. The lowest BCUT2D eigenvalue weighted by Gasteiger charge is -2.07. The molecule has 1 aromatic carbocycles. The molecule has 0 aliphatic heterocycles. The molecule has 4 rings (SSSR count). The predicted molar refractivity (Wildman–Crippen MR) is 114 cm³/mol. The Hall–Kier alpha value is -3.39. The summed E-state index contributed by atoms with van der Waals surface area (Å²) in [5, 5.41) is 13.9. The van der Waals surface area contributed by atoms with Crippen LogP contribution in [0.4, 0.5) is 5.82 Å². The number of benzene rings is 1. The van der Waals surface area contributed by atoms with Crippen molar-refractivity contribution in [2.45, 2.75) is 13.3 Å². The molecular weight excluding hydrogens is 388 g/mol. The number of aromatic nitrogens is 3. The summed E-state index contributed by atoms with van der Waals surface area (Å²) >= 11 is 1.15. The zero-order chi connectivity index (χ0) is 20.2. The van der Waals surface area contributed by atoms with Crippen LogP contribution in [0.1, 0.15) is 22.2 Å². The zero-order valence-corrected chi connectivity index (χ0v) is 16.6. The van der Waals surface area contributed by atoms with Crippen molar-refractivity contribution < 1.29 is 14.6 Å². The standard InChI is InChI=1S/C21H20N4O3S/c1-2-28-16-11-17(29-20(16)21(26)27)15-10-18(25-12-24-15)22-8-6-13-4-3-5-14-7-9-23-19(13)14/h3-5,7,9-12,23H,2,6,8H2,1H3,(H,26,27)(H,22,24,25). The molecule has 0 spiro atoms. The SMILES string of the molecule is CCOc1cc(-c2cc(NCCc3cccc4cc[nH]c34)ncn2)sc1C(=O)O. The smallest absolute Gasteiger partial charge is 0.349 e. The molecule has 0 unspecified atom stereocenters. The van der Waals surface area contributed by atoms with Crippen LogP contribution in [0.15, 0.2) is 48.9 Å². The second-order valence-corrected chi connectivity index (χ2v) is 7.42. The fourth-order valence-electron chi connectivity index (χ4n) is 3.18. The van der Waals surface area contributed by atoms with Crippen LogP contribution >= 0.6 is 11.3 Å². The van der Waals surface area contributed by atoms with Gasteiger partial charge in [-0.3, -0.25) is 0 Å². The molecule has 0 saturated heterocycles. The number of aromatic carboxylic acids is 1. The van der Waals surface area contributed by atoms with Gasteiger partial charge in [0.1, 0.15) is 17.9 Å². The minimum Gasteiger partial charge on any atom is -0.492 e. The Morgan fingerprint density at radius 1 is 1.28 bits per heavy atom. The lowest BCUT2D eigenvalue weighted by Crippen LogP contribution is -2.07. The van der Waals surface area contributed by atoms with Crippen LogP contribution < -0.4 is 10.1 Å². The van der Waals surface area contributed by atoms with E-state index in [4.69, 9.17) is 4.74 Å². The summed E-state index contributed by atoms with van der Waals surface area (Å²) in [6.07, 6.45) is 4.26. The summed E-state index contributed by atoms with van der Waals surface area (Å²) in [7, 11) is 0. The number of aromatic amines is 1. The highest BCUT2D eigenvalue weighted by molar-refractivity contribution is 7.17. The number of hydrogen-bond donors (Lipinski definition) is 3. The van der Waals surface area contributed by atoms with Crippen LogP contribution in [0.2, 0.25) is 0 Å². The van der Waals surface area contributed by atoms with Gasteiger partial charge in [0.05, 0.1) is 17.2 Å². The van der Waals surface area contributed by atoms with Crippen LogP contribution in [-0.4, -0.2) is 39.2 Å². The van der Waals surface area contributed by atoms with Crippen molar-refractivity contribution >= 4 is 34.0 Å². The minimum absolute atomic E-state index is 0.175. The number of rotatable bonds is 8. The normalized spacial score (nSPS) is 10.9. The van der Waals surface area contributed by atoms with Crippen molar-refractivity contribution in [1.29, 1.82) is 0 Å². The van der Waals surface area contributed by atoms with E-state index in [1.165, 1.54) is 17.3 Å². The molecule has 7 nitrogen and oxygen atoms in total. The number of H-pyrrole nitrogens is 1. The van der Waals surface area contributed by atoms with Gasteiger partial charge in [0.25, 0.3) is 0 Å². The number of ether oxygens (including phenoxy) is 1. The molecule has 4 aromatic rings. The van der Waals surface area contributed by atoms with Gasteiger partial charge in [-0.15, -0.1) is 11.3 Å². The number of nitrogens with zero attached hydrogens (tertiary/aromatic N) is 2. The summed E-state index contributed by atoms with van der Waals surface area (Å²) in [6.45, 7) is 2.94. The Labute approximate surface area is 171 Å². The highest BCUT2D eigenvalue weighted by Crippen LogP contribution is 2.36. The Kier molecular flexibility index (Phi) is 5.44. The van der Waals surface area contributed by atoms with Crippen molar-refractivity contribution in [2.75, 3.05) is 18.5 Å². The monoisotopic (exact) mass is 408 g/mol. The fourth-order valence-corrected chi connectivity index (χ4v) is 4.09. The van der Waals surface area contributed by atoms with E-state index in [-0.39, 0.29) is 4.88 Å². The van der Waals surface area contributed by atoms with Gasteiger partial charge in [-0.2, -0.15) is 0 Å². The number of para-hydroxylation sites is 1. The van der Waals surface area contributed by atoms with Gasteiger partial charge in [-0.25, -0.2) is 14.8 Å². The number of nitrogens with one attached hydrogen (secondary N) is 2. The largest absolute Gasteiger partial charge is 0.492 e. The molecule has 0 fully saturated rings. The van der Waals surface area contributed by atoms with E-state index in [0.717, 1.165) is 28.2 Å². The van der Waals surface area contributed by atoms with E-state index in [9.17, 15) is 9.90 Å². The summed E-state index contributed by atoms with van der Waals surface area (Å²) in [5.41, 5.74) is 3.05. The predicted octanol–water partition coefficient (Wildman–Crippen LogP) is 4.44. The van der Waals surface area contributed by atoms with Gasteiger partial charge >= 0.3 is 5.97 Å². The number of carboxylic acid groups (broad SMARTS) is 1. The number of anilines is 1. The van der Waals surface area contributed by atoms with E-state index < -0.39 is 5.97 Å². The van der Waals surface area contributed by atoms with Crippen molar-refractivity contribution in [1.82, 2.24) is 15.0 Å². The minimum atomic E-state index is -1.00. The second kappa shape index (κ2) is 8.32. The van der Waals surface area contributed by atoms with Gasteiger partial charge in [0.2, 0.25) is 0 Å². The van der Waals surface area contributed by atoms with Crippen molar-refractivity contribution in [2.24, 2.45) is 0 Å². The first-order valence-corrected chi connectivity index (χ1v) is 10.1. The third kappa shape index (κ3) is 4.07. The van der Waals surface area contributed by atoms with Crippen LogP contribution in [-0.2, 0) is 6.42 Å². The highest BCUT2D eigenvalue weighted by atomic mass is 32.1. The summed E-state index contributed by atoms with van der Waals surface area (Å²) in [5.74, 6) is 0.0552. The highest BCUT2D eigenvalue weighted by Gasteiger charge is 2.18. The first kappa shape index (κ1) is 18.9. The van der Waals surface area contributed by atoms with E-state index in [1.807, 2.05) is 19.2 Å². The topological polar surface area (TPSA) is 100 Å². The number of hydrogen-bond acceptors (Lipinski definition) is 6. The molecule has 0 atom stereocenters. The average Bonchev–Trinajstić information content (AvgIpc) is 3.36. The van der Waals surface area contributed by atoms with Crippen LogP contribution in [0, 0.1) is 0 Å². The molecule has 0 aliphatic rings. The Balaban J connectivity index is 1.48. The number of carbonyl (C=O) groups is 1. The number of carboxylic acids is 1. The maximum absolute atomic E-state index is 11.4. The summed E-state index contributed by atoms with van der Waals surface area (Å²) in [6, 6.07) is 11.9. The van der Waals surface area contributed by atoms with Crippen molar-refractivity contribution in [3.05, 3.63) is 59.4 Å². The molecule has 0 amide bonds. The molecular formula is C21H20N4O3S. The molecule has 3 N–H and O–H groups in total. The van der Waals surface area contributed by atoms with Gasteiger partial charge in [-0.05, 0) is 30.4 Å². The van der Waals surface area contributed by atoms with E-state index in [1.54, 1.807) is 6.07 Å². The van der Waals surface area contributed by atoms with Crippen molar-refractivity contribution in [3.63, 3.8) is 0 Å². The zero-order valence-electron chi connectivity index (χ0n) is 15.8. The van der Waals surface area contributed by atoms with E-state index >= 15 is 0 Å². The van der Waals surface area contributed by atoms with Gasteiger partial charge < -0.3 is 20.1 Å². The van der Waals surface area contributed by atoms with Gasteiger partial charge in [0.15, 0.2) is 4.88 Å². The van der Waals surface area contributed by atoms with Crippen molar-refractivity contribution in [3.8, 4) is 16.3 Å². The maximum atomic E-state index is 11.4. The molecule has 0 radical (unpaired) electrons. The Bertz CT molecular complexity index is 1150. The Morgan fingerprint density at radius 2 is 2.17 bits per heavy atom. The average molecular weight is 408 g/mol. The first-order valence-electron chi connectivity index (χ1n) is 9.27. The molecule has 148 valence electrons. The molecule has 0 saturated carbocycles. The van der Waals surface area contributed by atoms with Crippen LogP contribution in [0.25, 0.3) is 21.5 Å². The number of thiophene rings is 1. The molecule has 3 heterocycles. The van der Waals surface area contributed by atoms with Gasteiger partial charge in [-0.1, -0.05) is 18.2 Å². The third-order valence-electron chi connectivity index (χ3n) is 4.49. The lowest BCUT2D eigenvalue weighted by atomic mass is 10.1. The molecule has 8 heteroatoms. The lowest BCUT2D eigenvalue weighted by molar-refractivity contribution is 0.0698. The first-order chi connectivity index (χ1) is 14.2. The van der Waals surface area contributed by atoms with E-state index in [0.29, 0.717) is 30.4 Å². The molecule has 3 aromatic heterocycles. The fraction of sp³-hybridized carbons (Fsp3) is 0.190. The number of fused-ring (bicyclic) bond motifs is 1. The molecule has 29 heavy (non-hydrogen) atoms. The summed E-state index contributed by atoms with van der Waals surface area (Å²) in [4.78, 5) is 24.2.